The van der Waals surface area contributed by atoms with Crippen LogP contribution in [0, 0.1) is 5.92 Å². The lowest BCUT2D eigenvalue weighted by Gasteiger charge is -2.35. The van der Waals surface area contributed by atoms with E-state index < -0.39 is 45.6 Å². The summed E-state index contributed by atoms with van der Waals surface area (Å²) in [5, 5.41) is 7.55. The van der Waals surface area contributed by atoms with Gasteiger partial charge in [-0.3, -0.25) is 4.79 Å². The number of carbonyl (C=O) groups excluding carboxylic acids is 1. The monoisotopic (exact) mass is 803 g/mol. The van der Waals surface area contributed by atoms with Crippen LogP contribution in [-0.4, -0.2) is 74.9 Å². The highest BCUT2D eigenvalue weighted by Crippen LogP contribution is 2.37. The van der Waals surface area contributed by atoms with E-state index in [0.29, 0.717) is 59.6 Å². The first-order valence-electron chi connectivity index (χ1n) is 17.4. The van der Waals surface area contributed by atoms with Gasteiger partial charge in [-0.15, -0.1) is 0 Å². The van der Waals surface area contributed by atoms with Gasteiger partial charge in [0.2, 0.25) is 15.9 Å². The van der Waals surface area contributed by atoms with Gasteiger partial charge in [-0.1, -0.05) is 61.2 Å². The zero-order chi connectivity index (χ0) is 39.7. The Morgan fingerprint density at radius 3 is 2.04 bits per heavy atom. The molecule has 10 nitrogen and oxygen atoms in total. The van der Waals surface area contributed by atoms with Crippen molar-refractivity contribution in [1.29, 1.82) is 0 Å². The first-order valence-corrected chi connectivity index (χ1v) is 19.3. The topological polar surface area (TPSA) is 148 Å². The largest absolute Gasteiger partial charge is 0.493 e. The van der Waals surface area contributed by atoms with Crippen molar-refractivity contribution in [1.82, 2.24) is 9.62 Å². The lowest BCUT2D eigenvalue weighted by Crippen LogP contribution is -2.57. The van der Waals surface area contributed by atoms with E-state index in [-0.39, 0.29) is 24.0 Å². The number of nitrogens with zero attached hydrogens (tertiary/aromatic N) is 1. The van der Waals surface area contributed by atoms with Crippen molar-refractivity contribution < 1.29 is 54.5 Å². The number of carboxylic acids is 1. The molecule has 54 heavy (non-hydrogen) atoms. The molecule has 4 N–H and O–H groups in total. The number of ether oxygens (including phenoxy) is 2. The van der Waals surface area contributed by atoms with Gasteiger partial charge in [0.25, 0.3) is 5.92 Å². The van der Waals surface area contributed by atoms with Crippen LogP contribution in [0.5, 0.6) is 11.5 Å². The van der Waals surface area contributed by atoms with Gasteiger partial charge < -0.3 is 25.2 Å². The van der Waals surface area contributed by atoms with E-state index in [9.17, 15) is 26.4 Å². The number of carbonyl (C=O) groups is 2. The molecule has 0 unspecified atom stereocenters. The van der Waals surface area contributed by atoms with Crippen LogP contribution in [-0.2, 0) is 25.5 Å². The lowest BCUT2D eigenvalue weighted by atomic mass is 9.90. The standard InChI is InChI=1S/C35H42ClF2N3O5S.C2HF3O2/c1-2-45-32-22-26(10-17-31(32)36)25-8-11-27(12-9-25)35(37,38)33(34(42)41-20-18-28(39)19-21-41)40-47(43,44)30-15-13-29(14-16-30)46-23-24-6-4-3-5-7-24;3-2(4,5)1(6)7/h8-17,22,24,28,33,40H,2-7,18-21,23,39H2,1H3;(H,6,7)/t33-;/m1./s1. The number of halogens is 6. The molecular weight excluding hydrogens is 761 g/mol. The molecule has 1 aliphatic carbocycles. The molecule has 3 aromatic rings. The zero-order valence-electron chi connectivity index (χ0n) is 29.5. The number of amides is 1. The first kappa shape index (κ1) is 42.7. The number of alkyl halides is 5. The number of hydrogen-bond acceptors (Lipinski definition) is 7. The van der Waals surface area contributed by atoms with Crippen molar-refractivity contribution in [3.8, 4) is 22.6 Å². The Labute approximate surface area is 315 Å². The summed E-state index contributed by atoms with van der Waals surface area (Å²) in [6.07, 6.45) is 1.55. The fourth-order valence-corrected chi connectivity index (χ4v) is 7.45. The molecule has 0 radical (unpaired) electrons. The fraction of sp³-hybridized carbons (Fsp3) is 0.459. The summed E-state index contributed by atoms with van der Waals surface area (Å²) in [5.74, 6) is -6.26. The molecule has 1 heterocycles. The second-order valence-electron chi connectivity index (χ2n) is 13.1. The molecule has 1 saturated heterocycles. The van der Waals surface area contributed by atoms with Crippen LogP contribution in [0.2, 0.25) is 5.02 Å². The maximum Gasteiger partial charge on any atom is 0.490 e. The van der Waals surface area contributed by atoms with E-state index in [1.807, 2.05) is 6.92 Å². The van der Waals surface area contributed by atoms with Gasteiger partial charge in [0, 0.05) is 24.7 Å². The SMILES string of the molecule is CCOc1cc(-c2ccc(C(F)(F)[C@H](NS(=O)(=O)c3ccc(OCC4CCCCC4)cc3)C(=O)N3CCC(N)CC3)cc2)ccc1Cl.O=C(O)C(F)(F)F. The lowest BCUT2D eigenvalue weighted by molar-refractivity contribution is -0.192. The van der Waals surface area contributed by atoms with Crippen molar-refractivity contribution in [3.05, 3.63) is 77.3 Å². The highest BCUT2D eigenvalue weighted by Gasteiger charge is 2.50. The van der Waals surface area contributed by atoms with Crippen LogP contribution < -0.4 is 19.9 Å². The Hall–Kier alpha value is -3.99. The van der Waals surface area contributed by atoms with E-state index in [1.165, 1.54) is 72.7 Å². The molecule has 1 saturated carbocycles. The van der Waals surface area contributed by atoms with Gasteiger partial charge in [0.05, 0.1) is 23.1 Å². The summed E-state index contributed by atoms with van der Waals surface area (Å²) in [7, 11) is -4.55. The molecule has 3 aromatic carbocycles. The smallest absolute Gasteiger partial charge is 0.490 e. The second kappa shape index (κ2) is 18.6. The second-order valence-corrected chi connectivity index (χ2v) is 15.2. The maximum atomic E-state index is 16.4. The van der Waals surface area contributed by atoms with Gasteiger partial charge in [-0.2, -0.15) is 26.7 Å². The average Bonchev–Trinajstić information content (AvgIpc) is 3.14. The molecule has 2 fully saturated rings. The van der Waals surface area contributed by atoms with Gasteiger partial charge in [-0.05, 0) is 86.1 Å². The Morgan fingerprint density at radius 1 is 0.907 bits per heavy atom. The normalized spacial score (nSPS) is 16.6. The molecule has 1 amide bonds. The van der Waals surface area contributed by atoms with Crippen molar-refractivity contribution in [2.45, 2.75) is 80.9 Å². The maximum absolute atomic E-state index is 16.4. The molecule has 1 atom stereocenters. The summed E-state index contributed by atoms with van der Waals surface area (Å²) in [4.78, 5) is 23.6. The fourth-order valence-electron chi connectivity index (χ4n) is 6.09. The predicted molar refractivity (Wildman–Crippen MR) is 192 cm³/mol. The number of sulfonamides is 1. The van der Waals surface area contributed by atoms with Gasteiger partial charge in [0.1, 0.15) is 11.5 Å². The highest BCUT2D eigenvalue weighted by molar-refractivity contribution is 7.89. The van der Waals surface area contributed by atoms with Crippen LogP contribution in [0.4, 0.5) is 22.0 Å². The summed E-state index contributed by atoms with van der Waals surface area (Å²) in [6, 6.07) is 13.6. The molecule has 1 aliphatic heterocycles. The van der Waals surface area contributed by atoms with Crippen molar-refractivity contribution in [2.75, 3.05) is 26.3 Å². The van der Waals surface area contributed by atoms with Crippen LogP contribution in [0.3, 0.4) is 0 Å². The van der Waals surface area contributed by atoms with Crippen molar-refractivity contribution in [2.24, 2.45) is 11.7 Å². The van der Waals surface area contributed by atoms with Crippen molar-refractivity contribution >= 4 is 33.5 Å². The number of nitrogens with one attached hydrogen (secondary N) is 1. The number of rotatable bonds is 12. The molecule has 0 bridgehead atoms. The Kier molecular flexibility index (Phi) is 14.7. The third-order valence-electron chi connectivity index (χ3n) is 9.15. The summed E-state index contributed by atoms with van der Waals surface area (Å²) < 4.78 is 105. The quantitative estimate of drug-likeness (QED) is 0.161. The summed E-state index contributed by atoms with van der Waals surface area (Å²) in [5.41, 5.74) is 6.77. The summed E-state index contributed by atoms with van der Waals surface area (Å²) >= 11 is 6.20. The number of nitrogens with two attached hydrogens (primary N) is 1. The average molecular weight is 804 g/mol. The predicted octanol–water partition coefficient (Wildman–Crippen LogP) is 7.39. The minimum absolute atomic E-state index is 0.152. The van der Waals surface area contributed by atoms with Gasteiger partial charge >= 0.3 is 12.1 Å². The Bertz CT molecular complexity index is 1820. The minimum Gasteiger partial charge on any atom is -0.493 e. The van der Waals surface area contributed by atoms with Crippen LogP contribution >= 0.6 is 11.6 Å². The van der Waals surface area contributed by atoms with E-state index in [2.05, 4.69) is 4.72 Å². The number of carboxylic acid groups (broad SMARTS) is 1. The highest BCUT2D eigenvalue weighted by atomic mass is 35.5. The third-order valence-corrected chi connectivity index (χ3v) is 10.9. The Morgan fingerprint density at radius 2 is 1.48 bits per heavy atom. The molecule has 17 heteroatoms. The number of hydrogen-bond donors (Lipinski definition) is 3. The Balaban J connectivity index is 0.000000845. The van der Waals surface area contributed by atoms with E-state index in [1.54, 1.807) is 18.2 Å². The van der Waals surface area contributed by atoms with Crippen molar-refractivity contribution in [3.63, 3.8) is 0 Å². The van der Waals surface area contributed by atoms with Gasteiger partial charge in [0.15, 0.2) is 6.04 Å². The van der Waals surface area contributed by atoms with E-state index >= 15 is 8.78 Å². The zero-order valence-corrected chi connectivity index (χ0v) is 31.0. The van der Waals surface area contributed by atoms with E-state index in [0.717, 1.165) is 12.8 Å². The third kappa shape index (κ3) is 11.5. The van der Waals surface area contributed by atoms with Crippen LogP contribution in [0.15, 0.2) is 71.6 Å². The molecule has 0 spiro atoms. The summed E-state index contributed by atoms with van der Waals surface area (Å²) in [6.45, 7) is 3.07. The molecule has 2 aliphatic rings. The number of likely N-dealkylation sites (tertiary alicyclic amines) is 1. The minimum atomic E-state index is -5.08. The number of piperidine rings is 1. The molecule has 5 rings (SSSR count). The van der Waals surface area contributed by atoms with E-state index in [4.69, 9.17) is 36.7 Å². The first-order chi connectivity index (χ1) is 25.4. The van der Waals surface area contributed by atoms with Gasteiger partial charge in [-0.25, -0.2) is 13.2 Å². The molecule has 296 valence electrons. The van der Waals surface area contributed by atoms with Crippen LogP contribution in [0.25, 0.3) is 11.1 Å². The molecular formula is C37H43ClF5N3O7S. The molecule has 0 aromatic heterocycles. The number of benzene rings is 3. The number of aliphatic carboxylic acids is 1. The van der Waals surface area contributed by atoms with Crippen LogP contribution in [0.1, 0.15) is 57.4 Å².